The number of methoxy groups -OCH3 is 1. The number of amides is 2. The minimum absolute atomic E-state index is 0.0539. The van der Waals surface area contributed by atoms with E-state index in [2.05, 4.69) is 15.0 Å². The highest BCUT2D eigenvalue weighted by molar-refractivity contribution is 6.05. The average Bonchev–Trinajstić information content (AvgIpc) is 2.99. The van der Waals surface area contributed by atoms with Crippen molar-refractivity contribution in [1.29, 1.82) is 5.26 Å². The number of ether oxygens (including phenoxy) is 2. The molecule has 23 heavy (non-hydrogen) atoms. The molecule has 2 heterocycles. The van der Waals surface area contributed by atoms with Crippen LogP contribution in [0.3, 0.4) is 0 Å². The molecule has 2 amide bonds. The summed E-state index contributed by atoms with van der Waals surface area (Å²) in [6, 6.07) is 0.788. The number of nitriles is 1. The van der Waals surface area contributed by atoms with E-state index in [4.69, 9.17) is 4.74 Å². The quantitative estimate of drug-likeness (QED) is 0.665. The van der Waals surface area contributed by atoms with Crippen LogP contribution in [-0.4, -0.2) is 53.7 Å². The van der Waals surface area contributed by atoms with Gasteiger partial charge in [-0.15, -0.1) is 0 Å². The minimum atomic E-state index is -1.52. The van der Waals surface area contributed by atoms with Gasteiger partial charge < -0.3 is 9.47 Å². The molecule has 1 fully saturated rings. The van der Waals surface area contributed by atoms with Crippen molar-refractivity contribution in [1.82, 2.24) is 4.90 Å². The number of nitrogens with zero attached hydrogens (tertiary/aromatic N) is 4. The van der Waals surface area contributed by atoms with Crippen LogP contribution in [-0.2, 0) is 19.1 Å². The summed E-state index contributed by atoms with van der Waals surface area (Å²) in [4.78, 5) is 37.8. The third-order valence-electron chi connectivity index (χ3n) is 3.71. The van der Waals surface area contributed by atoms with Crippen molar-refractivity contribution >= 4 is 18.0 Å². The van der Waals surface area contributed by atoms with Gasteiger partial charge in [0.25, 0.3) is 5.91 Å². The third-order valence-corrected chi connectivity index (χ3v) is 3.71. The van der Waals surface area contributed by atoms with Gasteiger partial charge in [-0.25, -0.2) is 14.5 Å². The van der Waals surface area contributed by atoms with E-state index < -0.39 is 41.1 Å². The van der Waals surface area contributed by atoms with Crippen molar-refractivity contribution in [3.63, 3.8) is 0 Å². The molecule has 0 bridgehead atoms. The Morgan fingerprint density at radius 1 is 1.43 bits per heavy atom. The van der Waals surface area contributed by atoms with Crippen molar-refractivity contribution in [2.24, 2.45) is 16.1 Å². The second-order valence-electron chi connectivity index (χ2n) is 6.43. The molecule has 0 unspecified atom stereocenters. The molecule has 0 radical (unpaired) electrons. The van der Waals surface area contributed by atoms with Crippen LogP contribution in [0.5, 0.6) is 0 Å². The zero-order chi connectivity index (χ0) is 17.4. The molecule has 2 rings (SSSR count). The lowest BCUT2D eigenvalue weighted by Gasteiger charge is -2.26. The average molecular weight is 322 g/mol. The van der Waals surface area contributed by atoms with Crippen LogP contribution in [0.2, 0.25) is 0 Å². The molecule has 0 N–H and O–H groups in total. The van der Waals surface area contributed by atoms with Gasteiger partial charge in [-0.1, -0.05) is 0 Å². The van der Waals surface area contributed by atoms with E-state index in [1.54, 1.807) is 20.8 Å². The first-order valence-corrected chi connectivity index (χ1v) is 7.09. The fourth-order valence-corrected chi connectivity index (χ4v) is 2.66. The Labute approximate surface area is 133 Å². The number of hydrogen-bond acceptors (Lipinski definition) is 8. The Bertz CT molecular complexity index is 618. The Hall–Kier alpha value is -2.50. The second kappa shape index (κ2) is 5.61. The highest BCUT2D eigenvalue weighted by Crippen LogP contribution is 2.42. The van der Waals surface area contributed by atoms with Gasteiger partial charge in [-0.2, -0.15) is 15.5 Å². The van der Waals surface area contributed by atoms with Crippen molar-refractivity contribution in [2.75, 3.05) is 13.7 Å². The molecule has 0 aliphatic carbocycles. The molecule has 0 aromatic heterocycles. The minimum Gasteiger partial charge on any atom is -0.467 e. The number of carbonyl (C=O) groups excluding carboxylic acids is 3. The lowest BCUT2D eigenvalue weighted by atomic mass is 9.84. The van der Waals surface area contributed by atoms with Crippen molar-refractivity contribution < 1.29 is 23.9 Å². The summed E-state index contributed by atoms with van der Waals surface area (Å²) in [7, 11) is 1.16. The van der Waals surface area contributed by atoms with E-state index in [9.17, 15) is 19.6 Å². The van der Waals surface area contributed by atoms with Crippen LogP contribution >= 0.6 is 0 Å². The molecule has 124 valence electrons. The van der Waals surface area contributed by atoms with E-state index in [0.717, 1.165) is 7.11 Å². The maximum absolute atomic E-state index is 12.8. The van der Waals surface area contributed by atoms with Gasteiger partial charge in [0.05, 0.1) is 19.7 Å². The number of imide groups is 1. The van der Waals surface area contributed by atoms with E-state index in [-0.39, 0.29) is 13.0 Å². The standard InChI is InChI=1S/C14H18N4O5/c1-13(2,3)23-12(21)18-9(10(19)22-4)5-14(11(18)20)8(6-15)7-16-17-14/h8-9H,5,7H2,1-4H3/t8-,9+,14-/m1/s1. The summed E-state index contributed by atoms with van der Waals surface area (Å²) in [5.74, 6) is -2.34. The Balaban J connectivity index is 2.40. The topological polar surface area (TPSA) is 121 Å². The van der Waals surface area contributed by atoms with Crippen LogP contribution in [0, 0.1) is 17.2 Å². The number of likely N-dealkylation sites (tertiary alicyclic amines) is 1. The number of hydrogen-bond donors (Lipinski definition) is 0. The molecule has 1 spiro atoms. The van der Waals surface area contributed by atoms with Gasteiger partial charge in [0.1, 0.15) is 17.6 Å². The van der Waals surface area contributed by atoms with Crippen LogP contribution < -0.4 is 0 Å². The van der Waals surface area contributed by atoms with Crippen LogP contribution in [0.1, 0.15) is 27.2 Å². The van der Waals surface area contributed by atoms with Crippen LogP contribution in [0.4, 0.5) is 4.79 Å². The van der Waals surface area contributed by atoms with Crippen molar-refractivity contribution in [3.8, 4) is 6.07 Å². The molecule has 1 saturated heterocycles. The molecule has 3 atom stereocenters. The Kier molecular flexibility index (Phi) is 4.11. The van der Waals surface area contributed by atoms with Gasteiger partial charge in [0, 0.05) is 6.42 Å². The zero-order valence-corrected chi connectivity index (χ0v) is 13.4. The fraction of sp³-hybridized carbons (Fsp3) is 0.714. The normalized spacial score (nSPS) is 29.7. The fourth-order valence-electron chi connectivity index (χ4n) is 2.66. The monoisotopic (exact) mass is 322 g/mol. The van der Waals surface area contributed by atoms with Gasteiger partial charge in [0.15, 0.2) is 5.54 Å². The van der Waals surface area contributed by atoms with E-state index >= 15 is 0 Å². The molecule has 0 saturated carbocycles. The van der Waals surface area contributed by atoms with E-state index in [0.29, 0.717) is 4.90 Å². The van der Waals surface area contributed by atoms with Gasteiger partial charge in [-0.05, 0) is 20.8 Å². The first kappa shape index (κ1) is 16.9. The summed E-state index contributed by atoms with van der Waals surface area (Å²) in [6.07, 6.45) is -1.10. The van der Waals surface area contributed by atoms with Crippen molar-refractivity contribution in [3.05, 3.63) is 0 Å². The van der Waals surface area contributed by atoms with Gasteiger partial charge in [0.2, 0.25) is 0 Å². The van der Waals surface area contributed by atoms with E-state index in [1.807, 2.05) is 6.07 Å². The van der Waals surface area contributed by atoms with Crippen LogP contribution in [0.25, 0.3) is 0 Å². The third kappa shape index (κ3) is 2.76. The lowest BCUT2D eigenvalue weighted by molar-refractivity contribution is -0.148. The SMILES string of the molecule is COC(=O)[C@@H]1C[C@]2(N=NC[C@H]2C#N)C(=O)N1C(=O)OC(C)(C)C. The summed E-state index contributed by atoms with van der Waals surface area (Å²) < 4.78 is 9.86. The maximum atomic E-state index is 12.8. The molecule has 0 aromatic rings. The summed E-state index contributed by atoms with van der Waals surface area (Å²) in [6.45, 7) is 4.98. The van der Waals surface area contributed by atoms with Crippen molar-refractivity contribution in [2.45, 2.75) is 44.4 Å². The largest absolute Gasteiger partial charge is 0.467 e. The molecule has 9 heteroatoms. The Morgan fingerprint density at radius 2 is 2.09 bits per heavy atom. The lowest BCUT2D eigenvalue weighted by Crippen LogP contribution is -2.48. The highest BCUT2D eigenvalue weighted by atomic mass is 16.6. The molecular formula is C14H18N4O5. The molecule has 0 aromatic carbocycles. The predicted octanol–water partition coefficient (Wildman–Crippen LogP) is 1.04. The van der Waals surface area contributed by atoms with Crippen LogP contribution in [0.15, 0.2) is 10.2 Å². The molecule has 2 aliphatic rings. The van der Waals surface area contributed by atoms with Gasteiger partial charge in [-0.3, -0.25) is 4.79 Å². The molecule has 9 nitrogen and oxygen atoms in total. The van der Waals surface area contributed by atoms with Gasteiger partial charge >= 0.3 is 12.1 Å². The number of azo groups is 1. The number of rotatable bonds is 1. The summed E-state index contributed by atoms with van der Waals surface area (Å²) >= 11 is 0. The first-order chi connectivity index (χ1) is 10.7. The first-order valence-electron chi connectivity index (χ1n) is 7.09. The van der Waals surface area contributed by atoms with E-state index in [1.165, 1.54) is 0 Å². The number of carbonyl (C=O) groups is 3. The summed E-state index contributed by atoms with van der Waals surface area (Å²) in [5, 5.41) is 16.9. The molecular weight excluding hydrogens is 304 g/mol. The predicted molar refractivity (Wildman–Crippen MR) is 75.1 cm³/mol. The second-order valence-corrected chi connectivity index (χ2v) is 6.43. The maximum Gasteiger partial charge on any atom is 0.417 e. The zero-order valence-electron chi connectivity index (χ0n) is 13.4. The Morgan fingerprint density at radius 3 is 2.61 bits per heavy atom. The smallest absolute Gasteiger partial charge is 0.417 e. The highest BCUT2D eigenvalue weighted by Gasteiger charge is 2.63. The summed E-state index contributed by atoms with van der Waals surface area (Å²) in [5.41, 5.74) is -2.37. The number of esters is 1. The molecule has 2 aliphatic heterocycles.